The van der Waals surface area contributed by atoms with E-state index in [2.05, 4.69) is 6.58 Å². The smallest absolute Gasteiger partial charge is 0.171 e. The number of hydrogen-bond donors (Lipinski definition) is 0. The van der Waals surface area contributed by atoms with Gasteiger partial charge in [0, 0.05) is 31.8 Å². The Labute approximate surface area is 243 Å². The summed E-state index contributed by atoms with van der Waals surface area (Å²) in [5, 5.41) is 4.73. The molecule has 0 aliphatic rings. The second kappa shape index (κ2) is 12.5. The predicted molar refractivity (Wildman–Crippen MR) is 178 cm³/mol. The minimum atomic E-state index is -3.08. The molecule has 0 aliphatic heterocycles. The van der Waals surface area contributed by atoms with E-state index in [4.69, 9.17) is 0 Å². The number of hydrogen-bond acceptors (Lipinski definition) is 2. The summed E-state index contributed by atoms with van der Waals surface area (Å²) in [6.45, 7) is 5.69. The van der Waals surface area contributed by atoms with Gasteiger partial charge in [0.2, 0.25) is 0 Å². The van der Waals surface area contributed by atoms with Gasteiger partial charge in [-0.3, -0.25) is 0 Å². The Morgan fingerprint density at radius 1 is 0.537 bits per heavy atom. The molecule has 1 atom stereocenters. The lowest BCUT2D eigenvalue weighted by molar-refractivity contribution is 0.590. The van der Waals surface area contributed by atoms with Crippen molar-refractivity contribution in [3.8, 4) is 11.1 Å². The minimum Gasteiger partial charge on any atom is -0.309 e. The van der Waals surface area contributed by atoms with Crippen molar-refractivity contribution in [2.75, 3.05) is 0 Å². The molecule has 0 saturated heterocycles. The van der Waals surface area contributed by atoms with E-state index in [1.165, 1.54) is 0 Å². The minimum absolute atomic E-state index is 0.762. The molecule has 5 aromatic rings. The first-order chi connectivity index (χ1) is 20.0. The molecule has 2 nitrogen and oxygen atoms in total. The number of benzene rings is 5. The molecule has 0 radical (unpaired) electrons. The van der Waals surface area contributed by atoms with Crippen molar-refractivity contribution in [1.29, 1.82) is 0 Å². The Bertz CT molecular complexity index is 1730. The summed E-state index contributed by atoms with van der Waals surface area (Å²) in [7, 11) is -6.12. The largest absolute Gasteiger partial charge is 0.309 e. The zero-order chi connectivity index (χ0) is 28.7. The highest BCUT2D eigenvalue weighted by molar-refractivity contribution is 7.85. The first-order valence-corrected chi connectivity index (χ1v) is 17.0. The lowest BCUT2D eigenvalue weighted by atomic mass is 10.1. The maximum Gasteiger partial charge on any atom is 0.171 e. The van der Waals surface area contributed by atoms with E-state index in [0.29, 0.717) is 0 Å². The molecular weight excluding hydrogens is 538 g/mol. The van der Waals surface area contributed by atoms with Gasteiger partial charge in [-0.25, -0.2) is 0 Å². The van der Waals surface area contributed by atoms with Gasteiger partial charge in [-0.1, -0.05) is 170 Å². The van der Waals surface area contributed by atoms with E-state index in [0.717, 1.165) is 43.0 Å². The highest BCUT2D eigenvalue weighted by Crippen LogP contribution is 2.52. The van der Waals surface area contributed by atoms with Crippen LogP contribution in [-0.4, -0.2) is 0 Å². The van der Waals surface area contributed by atoms with Crippen molar-refractivity contribution < 1.29 is 9.13 Å². The van der Waals surface area contributed by atoms with Crippen LogP contribution in [0.2, 0.25) is 0 Å². The Balaban J connectivity index is 1.53. The van der Waals surface area contributed by atoms with Crippen molar-refractivity contribution in [1.82, 2.24) is 0 Å². The lowest BCUT2D eigenvalue weighted by Gasteiger charge is -2.21. The average Bonchev–Trinajstić information content (AvgIpc) is 3.06. The molecule has 5 rings (SSSR count). The summed E-state index contributed by atoms with van der Waals surface area (Å²) in [4.78, 5) is 0. The van der Waals surface area contributed by atoms with Crippen LogP contribution >= 0.6 is 14.3 Å². The van der Waals surface area contributed by atoms with Crippen molar-refractivity contribution >= 4 is 40.8 Å². The molecule has 202 valence electrons. The van der Waals surface area contributed by atoms with Crippen molar-refractivity contribution in [3.05, 3.63) is 176 Å². The van der Waals surface area contributed by atoms with E-state index in [9.17, 15) is 9.13 Å². The molecule has 0 N–H and O–H groups in total. The maximum atomic E-state index is 14.7. The normalized spacial score (nSPS) is 13.5. The first kappa shape index (κ1) is 28.3. The Morgan fingerprint density at radius 3 is 1.32 bits per heavy atom. The molecular formula is C37H32O2P2. The zero-order valence-corrected chi connectivity index (χ0v) is 24.8. The summed E-state index contributed by atoms with van der Waals surface area (Å²) < 4.78 is 29.4. The molecule has 0 fully saturated rings. The van der Waals surface area contributed by atoms with Gasteiger partial charge in [0.1, 0.15) is 0 Å². The molecule has 41 heavy (non-hydrogen) atoms. The van der Waals surface area contributed by atoms with E-state index >= 15 is 0 Å². The van der Waals surface area contributed by atoms with Crippen LogP contribution in [0, 0.1) is 0 Å². The fourth-order valence-corrected chi connectivity index (χ4v) is 10.4. The van der Waals surface area contributed by atoms with Gasteiger partial charge in [0.05, 0.1) is 0 Å². The van der Waals surface area contributed by atoms with E-state index in [-0.39, 0.29) is 0 Å². The Hall–Kier alpha value is -4.22. The molecule has 0 aromatic heterocycles. The lowest BCUT2D eigenvalue weighted by Crippen LogP contribution is -2.24. The van der Waals surface area contributed by atoms with Gasteiger partial charge < -0.3 is 9.13 Å². The fraction of sp³-hybridized carbons (Fsp3) is 0.0270. The van der Waals surface area contributed by atoms with Crippen molar-refractivity contribution in [2.45, 2.75) is 6.92 Å². The van der Waals surface area contributed by atoms with E-state index < -0.39 is 14.3 Å². The first-order valence-electron chi connectivity index (χ1n) is 13.6. The summed E-state index contributed by atoms with van der Waals surface area (Å²) in [5.74, 6) is 0. The van der Waals surface area contributed by atoms with Crippen LogP contribution in [0.5, 0.6) is 0 Å². The van der Waals surface area contributed by atoms with Gasteiger partial charge in [-0.15, -0.1) is 0 Å². The quantitative estimate of drug-likeness (QED) is 0.133. The highest BCUT2D eigenvalue weighted by Gasteiger charge is 2.31. The van der Waals surface area contributed by atoms with Crippen LogP contribution < -0.4 is 26.5 Å². The molecule has 0 heterocycles. The second-order valence-corrected chi connectivity index (χ2v) is 15.2. The molecule has 0 amide bonds. The molecule has 0 saturated carbocycles. The standard InChI is InChI=1S/C37H32O2P2/c1-3-5-15-32(4-2)40(38,33-16-9-6-10-17-33)36-26-22-30(23-27-36)31-24-28-37(29-25-31)41(39,34-18-11-7-12-19-34)35-20-13-8-14-21-35/h3-29H,1H2,2H3. The van der Waals surface area contributed by atoms with Crippen LogP contribution in [0.15, 0.2) is 176 Å². The molecule has 0 aliphatic carbocycles. The number of rotatable bonds is 9. The van der Waals surface area contributed by atoms with Crippen LogP contribution in [0.1, 0.15) is 6.92 Å². The van der Waals surface area contributed by atoms with Crippen LogP contribution in [-0.2, 0) is 9.13 Å². The SMILES string of the molecule is C=CC=CC(=CC)P(=O)(c1ccccc1)c1ccc(-c2ccc(P(=O)(c3ccccc3)c3ccccc3)cc2)cc1. The summed E-state index contributed by atoms with van der Waals surface area (Å²) in [5.41, 5.74) is 2.00. The summed E-state index contributed by atoms with van der Waals surface area (Å²) >= 11 is 0. The predicted octanol–water partition coefficient (Wildman–Crippen LogP) is 7.95. The number of allylic oxidation sites excluding steroid dienone is 5. The molecule has 0 bridgehead atoms. The van der Waals surface area contributed by atoms with Gasteiger partial charge in [0.15, 0.2) is 14.3 Å². The van der Waals surface area contributed by atoms with Gasteiger partial charge in [-0.2, -0.15) is 0 Å². The second-order valence-electron chi connectivity index (χ2n) is 9.63. The summed E-state index contributed by atoms with van der Waals surface area (Å²) in [6, 6.07) is 44.9. The van der Waals surface area contributed by atoms with Gasteiger partial charge >= 0.3 is 0 Å². The monoisotopic (exact) mass is 570 g/mol. The summed E-state index contributed by atoms with van der Waals surface area (Å²) in [6.07, 6.45) is 7.31. The molecule has 0 spiro atoms. The Morgan fingerprint density at radius 2 is 0.902 bits per heavy atom. The highest BCUT2D eigenvalue weighted by atomic mass is 31.2. The van der Waals surface area contributed by atoms with Gasteiger partial charge in [-0.05, 0) is 18.1 Å². The average molecular weight is 571 g/mol. The zero-order valence-electron chi connectivity index (χ0n) is 23.0. The fourth-order valence-electron chi connectivity index (χ4n) is 5.09. The third kappa shape index (κ3) is 5.55. The van der Waals surface area contributed by atoms with Crippen molar-refractivity contribution in [3.63, 3.8) is 0 Å². The van der Waals surface area contributed by atoms with Crippen LogP contribution in [0.4, 0.5) is 0 Å². The van der Waals surface area contributed by atoms with Crippen molar-refractivity contribution in [2.24, 2.45) is 0 Å². The van der Waals surface area contributed by atoms with Crippen LogP contribution in [0.25, 0.3) is 11.1 Å². The van der Waals surface area contributed by atoms with Gasteiger partial charge in [0.25, 0.3) is 0 Å². The molecule has 4 heteroatoms. The molecule has 5 aromatic carbocycles. The third-order valence-electron chi connectivity index (χ3n) is 7.22. The van der Waals surface area contributed by atoms with E-state index in [1.54, 1.807) is 6.08 Å². The Kier molecular flexibility index (Phi) is 8.65. The topological polar surface area (TPSA) is 34.1 Å². The molecule has 1 unspecified atom stereocenters. The maximum absolute atomic E-state index is 14.7. The van der Waals surface area contributed by atoms with E-state index in [1.807, 2.05) is 165 Å². The third-order valence-corrected chi connectivity index (χ3v) is 13.5. The van der Waals surface area contributed by atoms with Crippen LogP contribution in [0.3, 0.4) is 0 Å².